The number of carbonyl (C=O) groups is 1. The van der Waals surface area contributed by atoms with E-state index in [1.165, 1.54) is 4.68 Å². The number of nitrogens with one attached hydrogen (secondary N) is 1. The second-order valence-corrected chi connectivity index (χ2v) is 5.85. The zero-order valence-corrected chi connectivity index (χ0v) is 13.4. The molecular weight excluding hydrogens is 284 g/mol. The van der Waals surface area contributed by atoms with Crippen LogP contribution in [0.3, 0.4) is 0 Å². The van der Waals surface area contributed by atoms with E-state index in [9.17, 15) is 9.59 Å². The van der Waals surface area contributed by atoms with Crippen LogP contribution in [0.15, 0.2) is 17.1 Å². The minimum atomic E-state index is -0.121. The quantitative estimate of drug-likeness (QED) is 0.838. The van der Waals surface area contributed by atoms with Gasteiger partial charge in [0.05, 0.1) is 24.6 Å². The van der Waals surface area contributed by atoms with Crippen molar-refractivity contribution in [3.05, 3.63) is 22.6 Å². The summed E-state index contributed by atoms with van der Waals surface area (Å²) in [5, 5.41) is 6.95. The van der Waals surface area contributed by atoms with Gasteiger partial charge in [-0.05, 0) is 6.42 Å². The lowest BCUT2D eigenvalue weighted by molar-refractivity contribution is -0.124. The maximum atomic E-state index is 11.7. The molecule has 1 saturated heterocycles. The summed E-state index contributed by atoms with van der Waals surface area (Å²) in [5.74, 6) is 0.0544. The lowest BCUT2D eigenvalue weighted by atomic mass is 10.1. The monoisotopic (exact) mass is 308 g/mol. The summed E-state index contributed by atoms with van der Waals surface area (Å²) in [6.45, 7) is 6.40. The predicted octanol–water partition coefficient (Wildman–Crippen LogP) is 0.148. The van der Waals surface area contributed by atoms with Gasteiger partial charge in [0.2, 0.25) is 5.91 Å². The Morgan fingerprint density at radius 2 is 2.32 bits per heavy atom. The number of rotatable bonds is 5. The van der Waals surface area contributed by atoms with Crippen LogP contribution in [0.1, 0.15) is 20.3 Å². The number of hydrogen-bond donors (Lipinski definition) is 1. The van der Waals surface area contributed by atoms with Crippen LogP contribution in [-0.4, -0.2) is 48.0 Å². The Bertz CT molecular complexity index is 570. The molecule has 1 aromatic rings. The summed E-state index contributed by atoms with van der Waals surface area (Å²) in [5.41, 5.74) is 0.701. The van der Waals surface area contributed by atoms with Gasteiger partial charge in [-0.1, -0.05) is 13.8 Å². The Hall–Kier alpha value is -1.89. The van der Waals surface area contributed by atoms with Crippen molar-refractivity contribution >= 4 is 11.6 Å². The number of amides is 1. The van der Waals surface area contributed by atoms with Crippen LogP contribution in [0.25, 0.3) is 0 Å². The van der Waals surface area contributed by atoms with Crippen LogP contribution in [0.2, 0.25) is 0 Å². The fourth-order valence-corrected chi connectivity index (χ4v) is 2.32. The highest BCUT2D eigenvalue weighted by Crippen LogP contribution is 2.16. The molecule has 122 valence electrons. The molecule has 1 N–H and O–H groups in total. The number of morpholine rings is 1. The van der Waals surface area contributed by atoms with Crippen molar-refractivity contribution in [3.63, 3.8) is 0 Å². The molecule has 1 amide bonds. The van der Waals surface area contributed by atoms with Crippen LogP contribution in [-0.2, 0) is 16.6 Å². The average Bonchev–Trinajstić information content (AvgIpc) is 2.50. The van der Waals surface area contributed by atoms with Crippen molar-refractivity contribution in [3.8, 4) is 0 Å². The normalized spacial score (nSPS) is 18.5. The third-order valence-corrected chi connectivity index (χ3v) is 3.75. The number of ether oxygens (including phenoxy) is 1. The second kappa shape index (κ2) is 7.40. The molecule has 0 aliphatic carbocycles. The van der Waals surface area contributed by atoms with Crippen molar-refractivity contribution in [1.82, 2.24) is 15.1 Å². The summed E-state index contributed by atoms with van der Waals surface area (Å²) in [6.07, 6.45) is 2.50. The van der Waals surface area contributed by atoms with Crippen molar-refractivity contribution in [2.45, 2.75) is 26.4 Å². The molecule has 0 aromatic carbocycles. The van der Waals surface area contributed by atoms with E-state index < -0.39 is 0 Å². The molecule has 1 fully saturated rings. The second-order valence-electron chi connectivity index (χ2n) is 5.85. The fraction of sp³-hybridized carbons (Fsp3) is 0.667. The Balaban J connectivity index is 1.87. The number of anilines is 1. The van der Waals surface area contributed by atoms with Gasteiger partial charge in [-0.15, -0.1) is 0 Å². The zero-order chi connectivity index (χ0) is 16.1. The van der Waals surface area contributed by atoms with Crippen LogP contribution in [0.5, 0.6) is 0 Å². The minimum Gasteiger partial charge on any atom is -0.374 e. The summed E-state index contributed by atoms with van der Waals surface area (Å²) in [4.78, 5) is 25.3. The topological polar surface area (TPSA) is 76.5 Å². The van der Waals surface area contributed by atoms with E-state index in [4.69, 9.17) is 4.74 Å². The molecule has 2 heterocycles. The van der Waals surface area contributed by atoms with Crippen LogP contribution in [0, 0.1) is 5.92 Å². The Kier molecular flexibility index (Phi) is 5.54. The molecule has 1 aliphatic heterocycles. The third kappa shape index (κ3) is 4.30. The first-order valence-electron chi connectivity index (χ1n) is 7.65. The zero-order valence-electron chi connectivity index (χ0n) is 13.4. The maximum Gasteiger partial charge on any atom is 0.268 e. The first-order chi connectivity index (χ1) is 10.5. The number of carbonyl (C=O) groups excluding carboxylic acids is 1. The standard InChI is InChI=1S/C15H24N4O3/c1-11(2)15(21)16-5-4-13-10-19(6-7-22-13)12-8-14(20)18(3)17-9-12/h8-9,11,13H,4-7,10H2,1-3H3,(H,16,21)/t13-/m1/s1. The molecule has 0 unspecified atom stereocenters. The first kappa shape index (κ1) is 16.5. The SMILES string of the molecule is CC(C)C(=O)NCC[C@@H]1CN(c2cnn(C)c(=O)c2)CCO1. The van der Waals surface area contributed by atoms with E-state index in [0.29, 0.717) is 19.7 Å². The maximum absolute atomic E-state index is 11.7. The molecule has 1 aromatic heterocycles. The predicted molar refractivity (Wildman–Crippen MR) is 83.9 cm³/mol. The summed E-state index contributed by atoms with van der Waals surface area (Å²) < 4.78 is 7.04. The summed E-state index contributed by atoms with van der Waals surface area (Å²) in [6, 6.07) is 1.59. The number of aryl methyl sites for hydroxylation is 1. The van der Waals surface area contributed by atoms with E-state index in [1.54, 1.807) is 19.3 Å². The third-order valence-electron chi connectivity index (χ3n) is 3.75. The Morgan fingerprint density at radius 3 is 3.00 bits per heavy atom. The Morgan fingerprint density at radius 1 is 1.55 bits per heavy atom. The van der Waals surface area contributed by atoms with Gasteiger partial charge in [0.1, 0.15) is 0 Å². The summed E-state index contributed by atoms with van der Waals surface area (Å²) >= 11 is 0. The summed E-state index contributed by atoms with van der Waals surface area (Å²) in [7, 11) is 1.63. The van der Waals surface area contributed by atoms with Crippen molar-refractivity contribution in [2.75, 3.05) is 31.1 Å². The lowest BCUT2D eigenvalue weighted by Gasteiger charge is -2.34. The fourth-order valence-electron chi connectivity index (χ4n) is 2.32. The Labute approximate surface area is 130 Å². The largest absolute Gasteiger partial charge is 0.374 e. The van der Waals surface area contributed by atoms with Crippen LogP contribution >= 0.6 is 0 Å². The minimum absolute atomic E-state index is 0.00428. The van der Waals surface area contributed by atoms with E-state index >= 15 is 0 Å². The van der Waals surface area contributed by atoms with E-state index in [2.05, 4.69) is 15.3 Å². The molecule has 0 bridgehead atoms. The van der Waals surface area contributed by atoms with Gasteiger partial charge >= 0.3 is 0 Å². The molecule has 22 heavy (non-hydrogen) atoms. The van der Waals surface area contributed by atoms with Crippen molar-refractivity contribution in [1.29, 1.82) is 0 Å². The van der Waals surface area contributed by atoms with Crippen LogP contribution < -0.4 is 15.8 Å². The van der Waals surface area contributed by atoms with Gasteiger partial charge in [-0.2, -0.15) is 5.10 Å². The number of aromatic nitrogens is 2. The van der Waals surface area contributed by atoms with Gasteiger partial charge in [0, 0.05) is 38.7 Å². The lowest BCUT2D eigenvalue weighted by Crippen LogP contribution is -2.44. The van der Waals surface area contributed by atoms with E-state index in [1.807, 2.05) is 13.8 Å². The van der Waals surface area contributed by atoms with E-state index in [-0.39, 0.29) is 23.5 Å². The molecule has 1 atom stereocenters. The highest BCUT2D eigenvalue weighted by molar-refractivity contribution is 5.77. The molecule has 2 rings (SSSR count). The van der Waals surface area contributed by atoms with Gasteiger partial charge in [0.25, 0.3) is 5.56 Å². The van der Waals surface area contributed by atoms with Crippen molar-refractivity contribution < 1.29 is 9.53 Å². The molecule has 7 nitrogen and oxygen atoms in total. The molecule has 0 radical (unpaired) electrons. The smallest absolute Gasteiger partial charge is 0.268 e. The molecule has 0 spiro atoms. The van der Waals surface area contributed by atoms with E-state index in [0.717, 1.165) is 18.7 Å². The van der Waals surface area contributed by atoms with Crippen molar-refractivity contribution in [2.24, 2.45) is 13.0 Å². The highest BCUT2D eigenvalue weighted by Gasteiger charge is 2.21. The molecule has 1 aliphatic rings. The molecular formula is C15H24N4O3. The number of hydrogen-bond acceptors (Lipinski definition) is 5. The van der Waals surface area contributed by atoms with Gasteiger partial charge < -0.3 is 15.0 Å². The molecule has 7 heteroatoms. The average molecular weight is 308 g/mol. The van der Waals surface area contributed by atoms with Gasteiger partial charge in [0.15, 0.2) is 0 Å². The van der Waals surface area contributed by atoms with Gasteiger partial charge in [-0.3, -0.25) is 9.59 Å². The first-order valence-corrected chi connectivity index (χ1v) is 7.65. The highest BCUT2D eigenvalue weighted by atomic mass is 16.5. The van der Waals surface area contributed by atoms with Crippen LogP contribution in [0.4, 0.5) is 5.69 Å². The number of nitrogens with zero attached hydrogens (tertiary/aromatic N) is 3. The van der Waals surface area contributed by atoms with Gasteiger partial charge in [-0.25, -0.2) is 4.68 Å². The molecule has 0 saturated carbocycles.